The van der Waals surface area contributed by atoms with E-state index in [0.717, 1.165) is 22.7 Å². The van der Waals surface area contributed by atoms with Crippen molar-refractivity contribution >= 4 is 23.1 Å². The Morgan fingerprint density at radius 2 is 2.22 bits per heavy atom. The molecule has 0 saturated carbocycles. The van der Waals surface area contributed by atoms with Crippen LogP contribution in [0.1, 0.15) is 0 Å². The van der Waals surface area contributed by atoms with Crippen LogP contribution in [-0.2, 0) is 0 Å². The molecule has 0 fully saturated rings. The van der Waals surface area contributed by atoms with Crippen molar-refractivity contribution in [3.63, 3.8) is 0 Å². The standard InChI is InChI=1S/C13H11ClN4/c1-15-12-13-16-5-6-18(13)8-11(17-12)9-3-2-4-10(14)7-9/h2-8H,1H3,(H,15,17). The van der Waals surface area contributed by atoms with Crippen LogP contribution in [0.15, 0.2) is 42.9 Å². The third-order valence-corrected chi connectivity index (χ3v) is 2.97. The van der Waals surface area contributed by atoms with Crippen LogP contribution in [0.25, 0.3) is 16.9 Å². The van der Waals surface area contributed by atoms with Crippen LogP contribution in [0, 0.1) is 0 Å². The van der Waals surface area contributed by atoms with Crippen LogP contribution >= 0.6 is 11.6 Å². The van der Waals surface area contributed by atoms with E-state index >= 15 is 0 Å². The molecule has 0 radical (unpaired) electrons. The number of aromatic nitrogens is 3. The SMILES string of the molecule is CNc1nc(-c2cccc(Cl)c2)cn2ccnc12. The topological polar surface area (TPSA) is 42.2 Å². The Balaban J connectivity index is 2.23. The van der Waals surface area contributed by atoms with Crippen LogP contribution < -0.4 is 5.32 Å². The molecule has 0 aliphatic heterocycles. The van der Waals surface area contributed by atoms with Crippen molar-refractivity contribution in [2.75, 3.05) is 12.4 Å². The van der Waals surface area contributed by atoms with Crippen molar-refractivity contribution in [2.45, 2.75) is 0 Å². The Hall–Kier alpha value is -2.07. The van der Waals surface area contributed by atoms with Crippen LogP contribution in [-0.4, -0.2) is 21.4 Å². The van der Waals surface area contributed by atoms with E-state index in [1.807, 2.05) is 48.1 Å². The zero-order chi connectivity index (χ0) is 12.5. The Morgan fingerprint density at radius 3 is 3.00 bits per heavy atom. The Morgan fingerprint density at radius 1 is 1.33 bits per heavy atom. The number of halogens is 1. The van der Waals surface area contributed by atoms with Crippen molar-refractivity contribution in [2.24, 2.45) is 0 Å². The number of hydrogen-bond donors (Lipinski definition) is 1. The van der Waals surface area contributed by atoms with Crippen molar-refractivity contribution < 1.29 is 0 Å². The van der Waals surface area contributed by atoms with Gasteiger partial charge in [0.1, 0.15) is 0 Å². The summed E-state index contributed by atoms with van der Waals surface area (Å²) in [6.45, 7) is 0. The van der Waals surface area contributed by atoms with Crippen molar-refractivity contribution in [3.8, 4) is 11.3 Å². The summed E-state index contributed by atoms with van der Waals surface area (Å²) in [5, 5.41) is 3.75. The first-order chi connectivity index (χ1) is 8.78. The lowest BCUT2D eigenvalue weighted by Crippen LogP contribution is -1.99. The highest BCUT2D eigenvalue weighted by Crippen LogP contribution is 2.23. The molecule has 3 aromatic rings. The summed E-state index contributed by atoms with van der Waals surface area (Å²) >= 11 is 6.00. The summed E-state index contributed by atoms with van der Waals surface area (Å²) in [5.41, 5.74) is 2.64. The molecule has 2 heterocycles. The average Bonchev–Trinajstić information content (AvgIpc) is 2.85. The third-order valence-electron chi connectivity index (χ3n) is 2.73. The zero-order valence-corrected chi connectivity index (χ0v) is 10.5. The van der Waals surface area contributed by atoms with Gasteiger partial charge in [0.15, 0.2) is 11.5 Å². The van der Waals surface area contributed by atoms with Gasteiger partial charge in [-0.1, -0.05) is 23.7 Å². The van der Waals surface area contributed by atoms with Crippen LogP contribution in [0.3, 0.4) is 0 Å². The van der Waals surface area contributed by atoms with Gasteiger partial charge in [-0.15, -0.1) is 0 Å². The molecule has 0 unspecified atom stereocenters. The Kier molecular flexibility index (Phi) is 2.64. The molecule has 0 aliphatic carbocycles. The van der Waals surface area contributed by atoms with E-state index in [9.17, 15) is 0 Å². The third kappa shape index (κ3) is 1.80. The molecular formula is C13H11ClN4. The van der Waals surface area contributed by atoms with Gasteiger partial charge in [-0.05, 0) is 12.1 Å². The average molecular weight is 259 g/mol. The Bertz CT molecular complexity index is 705. The highest BCUT2D eigenvalue weighted by atomic mass is 35.5. The molecule has 18 heavy (non-hydrogen) atoms. The first-order valence-corrected chi connectivity index (χ1v) is 5.93. The Labute approximate surface area is 109 Å². The highest BCUT2D eigenvalue weighted by Gasteiger charge is 2.07. The van der Waals surface area contributed by atoms with E-state index in [0.29, 0.717) is 5.02 Å². The molecule has 1 N–H and O–H groups in total. The first kappa shape index (κ1) is 11.0. The second-order valence-corrected chi connectivity index (χ2v) is 4.33. The fraction of sp³-hybridized carbons (Fsp3) is 0.0769. The van der Waals surface area contributed by atoms with Gasteiger partial charge in [-0.25, -0.2) is 9.97 Å². The zero-order valence-electron chi connectivity index (χ0n) is 9.76. The molecule has 0 atom stereocenters. The predicted octanol–water partition coefficient (Wildman–Crippen LogP) is 3.09. The lowest BCUT2D eigenvalue weighted by Gasteiger charge is -2.07. The van der Waals surface area contributed by atoms with Gasteiger partial charge in [0.25, 0.3) is 0 Å². The molecule has 5 heteroatoms. The highest BCUT2D eigenvalue weighted by molar-refractivity contribution is 6.30. The maximum absolute atomic E-state index is 6.00. The van der Waals surface area contributed by atoms with E-state index in [2.05, 4.69) is 15.3 Å². The number of anilines is 1. The monoisotopic (exact) mass is 258 g/mol. The molecule has 3 rings (SSSR count). The second kappa shape index (κ2) is 4.31. The van der Waals surface area contributed by atoms with Gasteiger partial charge in [-0.3, -0.25) is 0 Å². The number of fused-ring (bicyclic) bond motifs is 1. The van der Waals surface area contributed by atoms with Gasteiger partial charge < -0.3 is 9.72 Å². The number of imidazole rings is 1. The number of hydrogen-bond acceptors (Lipinski definition) is 3. The van der Waals surface area contributed by atoms with Gasteiger partial charge in [0, 0.05) is 36.2 Å². The maximum atomic E-state index is 6.00. The van der Waals surface area contributed by atoms with Crippen molar-refractivity contribution in [1.29, 1.82) is 0 Å². The van der Waals surface area contributed by atoms with Crippen molar-refractivity contribution in [1.82, 2.24) is 14.4 Å². The predicted molar refractivity (Wildman–Crippen MR) is 73.0 cm³/mol. The fourth-order valence-electron chi connectivity index (χ4n) is 1.89. The molecule has 0 saturated heterocycles. The lowest BCUT2D eigenvalue weighted by atomic mass is 10.2. The minimum Gasteiger partial charge on any atom is -0.370 e. The van der Waals surface area contributed by atoms with Crippen LogP contribution in [0.2, 0.25) is 5.02 Å². The van der Waals surface area contributed by atoms with E-state index in [4.69, 9.17) is 11.6 Å². The first-order valence-electron chi connectivity index (χ1n) is 5.55. The molecular weight excluding hydrogens is 248 g/mol. The molecule has 4 nitrogen and oxygen atoms in total. The smallest absolute Gasteiger partial charge is 0.180 e. The van der Waals surface area contributed by atoms with E-state index < -0.39 is 0 Å². The summed E-state index contributed by atoms with van der Waals surface area (Å²) in [4.78, 5) is 8.80. The second-order valence-electron chi connectivity index (χ2n) is 3.89. The largest absolute Gasteiger partial charge is 0.370 e. The normalized spacial score (nSPS) is 10.8. The van der Waals surface area contributed by atoms with Crippen LogP contribution in [0.4, 0.5) is 5.82 Å². The fourth-order valence-corrected chi connectivity index (χ4v) is 2.08. The summed E-state index contributed by atoms with van der Waals surface area (Å²) in [6.07, 6.45) is 5.58. The van der Waals surface area contributed by atoms with E-state index in [-0.39, 0.29) is 0 Å². The quantitative estimate of drug-likeness (QED) is 0.768. The number of nitrogens with zero attached hydrogens (tertiary/aromatic N) is 3. The molecule has 2 aromatic heterocycles. The molecule has 0 aliphatic rings. The van der Waals surface area contributed by atoms with Gasteiger partial charge in [0.2, 0.25) is 0 Å². The molecule has 0 spiro atoms. The van der Waals surface area contributed by atoms with Gasteiger partial charge in [0.05, 0.1) is 5.69 Å². The van der Waals surface area contributed by atoms with Crippen molar-refractivity contribution in [3.05, 3.63) is 47.9 Å². The van der Waals surface area contributed by atoms with Crippen LogP contribution in [0.5, 0.6) is 0 Å². The summed E-state index contributed by atoms with van der Waals surface area (Å²) in [6, 6.07) is 7.64. The lowest BCUT2D eigenvalue weighted by molar-refractivity contribution is 1.13. The van der Waals surface area contributed by atoms with E-state index in [1.54, 1.807) is 6.20 Å². The molecule has 90 valence electrons. The minimum absolute atomic E-state index is 0.700. The number of benzene rings is 1. The van der Waals surface area contributed by atoms with E-state index in [1.165, 1.54) is 0 Å². The number of nitrogens with one attached hydrogen (secondary N) is 1. The maximum Gasteiger partial charge on any atom is 0.180 e. The molecule has 0 amide bonds. The number of rotatable bonds is 2. The van der Waals surface area contributed by atoms with Gasteiger partial charge in [-0.2, -0.15) is 0 Å². The summed E-state index contributed by atoms with van der Waals surface area (Å²) in [7, 11) is 1.83. The molecule has 1 aromatic carbocycles. The minimum atomic E-state index is 0.700. The summed E-state index contributed by atoms with van der Waals surface area (Å²) < 4.78 is 1.94. The molecule has 0 bridgehead atoms. The summed E-state index contributed by atoms with van der Waals surface area (Å²) in [5.74, 6) is 0.748. The van der Waals surface area contributed by atoms with Gasteiger partial charge >= 0.3 is 0 Å².